The summed E-state index contributed by atoms with van der Waals surface area (Å²) in [5, 5.41) is 6.67. The predicted octanol–water partition coefficient (Wildman–Crippen LogP) is 2.51. The average Bonchev–Trinajstić information content (AvgIpc) is 3.26. The van der Waals surface area contributed by atoms with Gasteiger partial charge in [0.1, 0.15) is 11.5 Å². The monoisotopic (exact) mass is 339 g/mol. The molecule has 4 rings (SSSR count). The van der Waals surface area contributed by atoms with E-state index in [1.807, 2.05) is 0 Å². The highest BCUT2D eigenvalue weighted by atomic mass is 16.5. The maximum Gasteiger partial charge on any atom is 0.251 e. The fraction of sp³-hybridized carbons (Fsp3) is 0.368. The second kappa shape index (κ2) is 6.72. The first kappa shape index (κ1) is 15.9. The molecule has 3 heterocycles. The lowest BCUT2D eigenvalue weighted by molar-refractivity contribution is 0.0931. The standard InChI is InChI=1S/C19H21N3O3/c1-24-18-9-7-15(11-20-18)25-14-5-2-12(3-6-14)19(23)22-17-10-13-4-8-16(17)21-13/h2-3,5-7,9,11,13,16-17,21H,4,8,10H2,1H3,(H,22,23). The number of carbonyl (C=O) groups excluding carboxylic acids is 1. The van der Waals surface area contributed by atoms with Gasteiger partial charge >= 0.3 is 0 Å². The number of amides is 1. The molecule has 1 aromatic heterocycles. The fourth-order valence-corrected chi connectivity index (χ4v) is 3.59. The van der Waals surface area contributed by atoms with E-state index in [1.165, 1.54) is 6.42 Å². The van der Waals surface area contributed by atoms with Crippen molar-refractivity contribution in [2.45, 2.75) is 37.4 Å². The molecule has 2 aromatic rings. The number of hydrogen-bond donors (Lipinski definition) is 2. The Kier molecular flexibility index (Phi) is 4.28. The Labute approximate surface area is 146 Å². The van der Waals surface area contributed by atoms with Crippen LogP contribution in [0.25, 0.3) is 0 Å². The van der Waals surface area contributed by atoms with Gasteiger partial charge in [-0.15, -0.1) is 0 Å². The van der Waals surface area contributed by atoms with E-state index in [0.717, 1.165) is 12.8 Å². The van der Waals surface area contributed by atoms with Gasteiger partial charge in [-0.1, -0.05) is 0 Å². The van der Waals surface area contributed by atoms with Crippen molar-refractivity contribution in [3.05, 3.63) is 48.2 Å². The van der Waals surface area contributed by atoms with Gasteiger partial charge < -0.3 is 20.1 Å². The quantitative estimate of drug-likeness (QED) is 0.876. The summed E-state index contributed by atoms with van der Waals surface area (Å²) in [6.07, 6.45) is 5.01. The third-order valence-corrected chi connectivity index (χ3v) is 4.89. The Balaban J connectivity index is 1.36. The molecule has 0 radical (unpaired) electrons. The minimum absolute atomic E-state index is 0.0305. The Morgan fingerprint density at radius 1 is 1.16 bits per heavy atom. The largest absolute Gasteiger partial charge is 0.481 e. The third-order valence-electron chi connectivity index (χ3n) is 4.89. The van der Waals surface area contributed by atoms with E-state index < -0.39 is 0 Å². The number of nitrogens with one attached hydrogen (secondary N) is 2. The van der Waals surface area contributed by atoms with Crippen LogP contribution in [-0.4, -0.2) is 36.1 Å². The molecule has 6 nitrogen and oxygen atoms in total. The fourth-order valence-electron chi connectivity index (χ4n) is 3.59. The van der Waals surface area contributed by atoms with Crippen molar-refractivity contribution in [3.8, 4) is 17.4 Å². The first-order valence-corrected chi connectivity index (χ1v) is 8.56. The number of rotatable bonds is 5. The molecular formula is C19H21N3O3. The summed E-state index contributed by atoms with van der Waals surface area (Å²) < 4.78 is 10.7. The van der Waals surface area contributed by atoms with Crippen LogP contribution in [0, 0.1) is 0 Å². The van der Waals surface area contributed by atoms with Gasteiger partial charge in [0.2, 0.25) is 5.88 Å². The van der Waals surface area contributed by atoms with Crippen molar-refractivity contribution < 1.29 is 14.3 Å². The molecule has 1 aromatic carbocycles. The van der Waals surface area contributed by atoms with Crippen LogP contribution in [-0.2, 0) is 0 Å². The van der Waals surface area contributed by atoms with Gasteiger partial charge in [-0.25, -0.2) is 4.98 Å². The number of aromatic nitrogens is 1. The molecule has 2 fully saturated rings. The topological polar surface area (TPSA) is 72.5 Å². The highest BCUT2D eigenvalue weighted by Gasteiger charge is 2.39. The lowest BCUT2D eigenvalue weighted by atomic mass is 9.95. The van der Waals surface area contributed by atoms with Crippen LogP contribution < -0.4 is 20.1 Å². The molecule has 3 unspecified atom stereocenters. The highest BCUT2D eigenvalue weighted by molar-refractivity contribution is 5.94. The zero-order valence-electron chi connectivity index (χ0n) is 14.1. The van der Waals surface area contributed by atoms with Crippen LogP contribution in [0.2, 0.25) is 0 Å². The maximum atomic E-state index is 12.4. The Hall–Kier alpha value is -2.60. The number of ether oxygens (including phenoxy) is 2. The van der Waals surface area contributed by atoms with Crippen LogP contribution in [0.5, 0.6) is 17.4 Å². The molecule has 0 spiro atoms. The molecule has 2 saturated heterocycles. The van der Waals surface area contributed by atoms with E-state index >= 15 is 0 Å². The van der Waals surface area contributed by atoms with Crippen molar-refractivity contribution in [2.75, 3.05) is 7.11 Å². The Morgan fingerprint density at radius 2 is 1.96 bits per heavy atom. The molecular weight excluding hydrogens is 318 g/mol. The summed E-state index contributed by atoms with van der Waals surface area (Å²) in [5.74, 6) is 1.78. The number of carbonyl (C=O) groups is 1. The number of hydrogen-bond acceptors (Lipinski definition) is 5. The van der Waals surface area contributed by atoms with Crippen LogP contribution in [0.4, 0.5) is 0 Å². The minimum atomic E-state index is -0.0305. The maximum absolute atomic E-state index is 12.4. The van der Waals surface area contributed by atoms with Crippen LogP contribution in [0.15, 0.2) is 42.6 Å². The summed E-state index contributed by atoms with van der Waals surface area (Å²) in [6, 6.07) is 11.9. The van der Waals surface area contributed by atoms with Gasteiger partial charge in [0.15, 0.2) is 0 Å². The molecule has 3 atom stereocenters. The zero-order valence-corrected chi connectivity index (χ0v) is 14.1. The van der Waals surface area contributed by atoms with Crippen molar-refractivity contribution in [3.63, 3.8) is 0 Å². The van der Waals surface area contributed by atoms with Crippen molar-refractivity contribution in [1.29, 1.82) is 0 Å². The summed E-state index contributed by atoms with van der Waals surface area (Å²) in [6.45, 7) is 0. The van der Waals surface area contributed by atoms with Gasteiger partial charge in [0.25, 0.3) is 5.91 Å². The lowest BCUT2D eigenvalue weighted by Crippen LogP contribution is -2.42. The van der Waals surface area contributed by atoms with Gasteiger partial charge in [-0.05, 0) is 49.6 Å². The van der Waals surface area contributed by atoms with Gasteiger partial charge in [-0.2, -0.15) is 0 Å². The smallest absolute Gasteiger partial charge is 0.251 e. The zero-order chi connectivity index (χ0) is 17.2. The molecule has 6 heteroatoms. The third kappa shape index (κ3) is 3.44. The number of benzene rings is 1. The summed E-state index contributed by atoms with van der Waals surface area (Å²) in [4.78, 5) is 16.5. The molecule has 25 heavy (non-hydrogen) atoms. The second-order valence-corrected chi connectivity index (χ2v) is 6.53. The van der Waals surface area contributed by atoms with Crippen LogP contribution >= 0.6 is 0 Å². The Bertz CT molecular complexity index is 746. The van der Waals surface area contributed by atoms with E-state index in [-0.39, 0.29) is 11.9 Å². The number of methoxy groups -OCH3 is 1. The number of pyridine rings is 1. The van der Waals surface area contributed by atoms with E-state index in [4.69, 9.17) is 9.47 Å². The van der Waals surface area contributed by atoms with E-state index in [1.54, 1.807) is 49.7 Å². The summed E-state index contributed by atoms with van der Waals surface area (Å²) in [7, 11) is 1.57. The summed E-state index contributed by atoms with van der Waals surface area (Å²) >= 11 is 0. The molecule has 0 aliphatic carbocycles. The van der Waals surface area contributed by atoms with Crippen molar-refractivity contribution in [2.24, 2.45) is 0 Å². The second-order valence-electron chi connectivity index (χ2n) is 6.53. The molecule has 1 amide bonds. The number of nitrogens with zero attached hydrogens (tertiary/aromatic N) is 1. The van der Waals surface area contributed by atoms with Gasteiger partial charge in [0.05, 0.1) is 13.3 Å². The average molecular weight is 339 g/mol. The van der Waals surface area contributed by atoms with Crippen molar-refractivity contribution in [1.82, 2.24) is 15.6 Å². The summed E-state index contributed by atoms with van der Waals surface area (Å²) in [5.41, 5.74) is 0.642. The van der Waals surface area contributed by atoms with Crippen LogP contribution in [0.3, 0.4) is 0 Å². The van der Waals surface area contributed by atoms with Crippen molar-refractivity contribution >= 4 is 5.91 Å². The molecule has 2 aliphatic heterocycles. The first-order chi connectivity index (χ1) is 12.2. The molecule has 2 bridgehead atoms. The lowest BCUT2D eigenvalue weighted by Gasteiger charge is -2.21. The molecule has 2 N–H and O–H groups in total. The number of fused-ring (bicyclic) bond motifs is 2. The van der Waals surface area contributed by atoms with Gasteiger partial charge in [0, 0.05) is 29.8 Å². The molecule has 130 valence electrons. The van der Waals surface area contributed by atoms with Gasteiger partial charge in [-0.3, -0.25) is 4.79 Å². The minimum Gasteiger partial charge on any atom is -0.481 e. The molecule has 0 saturated carbocycles. The normalized spacial score (nSPS) is 24.1. The predicted molar refractivity (Wildman–Crippen MR) is 93.1 cm³/mol. The molecule has 2 aliphatic rings. The SMILES string of the molecule is COc1ccc(Oc2ccc(C(=O)NC3CC4CCC3N4)cc2)cn1. The van der Waals surface area contributed by atoms with E-state index in [9.17, 15) is 4.79 Å². The van der Waals surface area contributed by atoms with E-state index in [2.05, 4.69) is 15.6 Å². The highest BCUT2D eigenvalue weighted by Crippen LogP contribution is 2.28. The Morgan fingerprint density at radius 3 is 2.56 bits per heavy atom. The van der Waals surface area contributed by atoms with E-state index in [0.29, 0.717) is 35.0 Å². The first-order valence-electron chi connectivity index (χ1n) is 8.56. The van der Waals surface area contributed by atoms with Crippen LogP contribution in [0.1, 0.15) is 29.6 Å².